The summed E-state index contributed by atoms with van der Waals surface area (Å²) >= 11 is 0. The van der Waals surface area contributed by atoms with Gasteiger partial charge in [0.2, 0.25) is 0 Å². The minimum Gasteiger partial charge on any atom is -0.417 e. The van der Waals surface area contributed by atoms with E-state index in [0.29, 0.717) is 31.2 Å². The Morgan fingerprint density at radius 3 is 2.27 bits per heavy atom. The molecule has 0 aromatic heterocycles. The predicted octanol–water partition coefficient (Wildman–Crippen LogP) is 4.61. The fourth-order valence-electron chi connectivity index (χ4n) is 5.63. The fourth-order valence-corrected chi connectivity index (χ4v) is 8.11. The number of likely N-dealkylation sites (tertiary alicyclic amines) is 1. The Morgan fingerprint density at radius 2 is 1.77 bits per heavy atom. The second-order valence-corrected chi connectivity index (χ2v) is 15.2. The molecule has 1 saturated carbocycles. The van der Waals surface area contributed by atoms with Gasteiger partial charge < -0.3 is 19.1 Å². The van der Waals surface area contributed by atoms with Crippen LogP contribution in [0.15, 0.2) is 30.3 Å². The van der Waals surface area contributed by atoms with Crippen molar-refractivity contribution in [2.75, 3.05) is 19.6 Å². The lowest BCUT2D eigenvalue weighted by molar-refractivity contribution is 0.0301. The highest BCUT2D eigenvalue weighted by Crippen LogP contribution is 2.59. The summed E-state index contributed by atoms with van der Waals surface area (Å²) in [6, 6.07) is 10.6. The van der Waals surface area contributed by atoms with Crippen molar-refractivity contribution >= 4 is 16.6 Å². The Bertz CT molecular complexity index is 739. The molecule has 3 atom stereocenters. The Balaban J connectivity index is 1.91. The minimum atomic E-state index is -4.15. The fraction of sp³-hybridized carbons (Fsp3) is 0.739. The molecule has 1 aliphatic heterocycles. The Hall–Kier alpha value is -0.493. The first kappa shape index (κ1) is 24.2. The quantitative estimate of drug-likeness (QED) is 0.466. The molecule has 1 aromatic rings. The number of rotatable bonds is 7. The van der Waals surface area contributed by atoms with E-state index in [1.807, 2.05) is 6.07 Å². The van der Waals surface area contributed by atoms with Crippen LogP contribution in [0, 0.1) is 11.3 Å². The lowest BCUT2D eigenvalue weighted by atomic mass is 9.75. The van der Waals surface area contributed by atoms with Crippen molar-refractivity contribution in [2.24, 2.45) is 11.3 Å². The summed E-state index contributed by atoms with van der Waals surface area (Å²) in [5, 5.41) is -0.867. The normalized spacial score (nSPS) is 26.4. The van der Waals surface area contributed by atoms with E-state index in [1.165, 1.54) is 5.56 Å². The van der Waals surface area contributed by atoms with E-state index in [2.05, 4.69) is 63.0 Å². The first-order valence-corrected chi connectivity index (χ1v) is 15.8. The molecule has 1 unspecified atom stereocenters. The average molecular weight is 454 g/mol. The molecule has 0 radical (unpaired) electrons. The second-order valence-electron chi connectivity index (χ2n) is 10.8. The predicted molar refractivity (Wildman–Crippen MR) is 126 cm³/mol. The standard InChI is InChI=1S/C23H40NO4PSi/c1-22(2,3)21(28-30(4)5)20-16-24(15-19(20)18-11-7-6-8-12-18)17-23(29(25,26)27)13-9-10-14-23/h6-8,11-12,19-21,30H,9-10,13-17H2,1-5H3,(H2,25,26,27)/t19-,20+,21?/m1/s1. The van der Waals surface area contributed by atoms with Crippen molar-refractivity contribution in [3.05, 3.63) is 35.9 Å². The van der Waals surface area contributed by atoms with E-state index >= 15 is 0 Å². The Kier molecular flexibility index (Phi) is 7.38. The molecule has 1 aliphatic carbocycles. The van der Waals surface area contributed by atoms with Gasteiger partial charge in [0.25, 0.3) is 0 Å². The van der Waals surface area contributed by atoms with Gasteiger partial charge in [-0.15, -0.1) is 0 Å². The van der Waals surface area contributed by atoms with Crippen molar-refractivity contribution < 1.29 is 18.8 Å². The van der Waals surface area contributed by atoms with Crippen molar-refractivity contribution in [3.8, 4) is 0 Å². The maximum Gasteiger partial charge on any atom is 0.332 e. The molecule has 3 rings (SSSR count). The molecule has 170 valence electrons. The van der Waals surface area contributed by atoms with Gasteiger partial charge in [0, 0.05) is 31.5 Å². The van der Waals surface area contributed by atoms with Gasteiger partial charge in [-0.1, -0.05) is 63.9 Å². The molecule has 1 aromatic carbocycles. The van der Waals surface area contributed by atoms with Gasteiger partial charge in [-0.3, -0.25) is 4.57 Å². The van der Waals surface area contributed by atoms with E-state index in [1.54, 1.807) is 0 Å². The maximum atomic E-state index is 12.5. The molecule has 1 saturated heterocycles. The van der Waals surface area contributed by atoms with E-state index in [0.717, 1.165) is 25.9 Å². The molecule has 2 aliphatic rings. The summed E-state index contributed by atoms with van der Waals surface area (Å²) in [6.45, 7) is 13.4. The number of benzene rings is 1. The molecule has 2 fully saturated rings. The second kappa shape index (κ2) is 9.17. The third-order valence-corrected chi connectivity index (χ3v) is 9.66. The minimum absolute atomic E-state index is 0.0132. The highest BCUT2D eigenvalue weighted by molar-refractivity contribution is 7.53. The van der Waals surface area contributed by atoms with Crippen LogP contribution in [0.3, 0.4) is 0 Å². The van der Waals surface area contributed by atoms with Gasteiger partial charge in [0.05, 0.1) is 11.3 Å². The highest BCUT2D eigenvalue weighted by Gasteiger charge is 2.52. The molecule has 5 nitrogen and oxygen atoms in total. The van der Waals surface area contributed by atoms with Crippen LogP contribution in [-0.2, 0) is 8.99 Å². The van der Waals surface area contributed by atoms with Crippen LogP contribution in [0.4, 0.5) is 0 Å². The molecule has 0 bridgehead atoms. The van der Waals surface area contributed by atoms with Crippen LogP contribution in [0.5, 0.6) is 0 Å². The summed E-state index contributed by atoms with van der Waals surface area (Å²) in [6.07, 6.45) is 3.22. The van der Waals surface area contributed by atoms with Crippen molar-refractivity contribution in [2.45, 2.75) is 76.7 Å². The van der Waals surface area contributed by atoms with Gasteiger partial charge in [0.1, 0.15) is 0 Å². The smallest absolute Gasteiger partial charge is 0.332 e. The van der Waals surface area contributed by atoms with Crippen molar-refractivity contribution in [1.82, 2.24) is 4.90 Å². The van der Waals surface area contributed by atoms with Gasteiger partial charge in [-0.05, 0) is 36.9 Å². The van der Waals surface area contributed by atoms with Crippen LogP contribution < -0.4 is 0 Å². The summed E-state index contributed by atoms with van der Waals surface area (Å²) in [7, 11) is -5.39. The lowest BCUT2D eigenvalue weighted by Crippen LogP contribution is -2.43. The van der Waals surface area contributed by atoms with Crippen LogP contribution in [-0.4, -0.2) is 54.6 Å². The zero-order chi connectivity index (χ0) is 22.2. The monoisotopic (exact) mass is 453 g/mol. The number of hydrogen-bond donors (Lipinski definition) is 2. The molecule has 1 heterocycles. The Labute approximate surface area is 184 Å². The van der Waals surface area contributed by atoms with Crippen LogP contribution in [0.2, 0.25) is 13.1 Å². The number of nitrogens with zero attached hydrogens (tertiary/aromatic N) is 1. The van der Waals surface area contributed by atoms with E-state index in [9.17, 15) is 14.4 Å². The average Bonchev–Trinajstić information content (AvgIpc) is 3.27. The molecule has 0 spiro atoms. The zero-order valence-corrected chi connectivity index (χ0v) is 21.3. The molecular formula is C23H40NO4PSi. The summed E-state index contributed by atoms with van der Waals surface area (Å²) in [4.78, 5) is 22.7. The van der Waals surface area contributed by atoms with Gasteiger partial charge in [-0.25, -0.2) is 0 Å². The van der Waals surface area contributed by atoms with E-state index in [-0.39, 0.29) is 11.5 Å². The summed E-state index contributed by atoms with van der Waals surface area (Å²) in [5.74, 6) is 0.635. The SMILES string of the molecule is C[SiH](C)OC([C@H]1CN(CC2(P(=O)(O)O)CCCC2)C[C@@H]1c1ccccc1)C(C)(C)C. The molecule has 30 heavy (non-hydrogen) atoms. The summed E-state index contributed by atoms with van der Waals surface area (Å²) in [5.41, 5.74) is 1.32. The van der Waals surface area contributed by atoms with Gasteiger partial charge in [0.15, 0.2) is 9.04 Å². The van der Waals surface area contributed by atoms with Crippen LogP contribution in [0.1, 0.15) is 57.9 Å². The Morgan fingerprint density at radius 1 is 1.17 bits per heavy atom. The van der Waals surface area contributed by atoms with E-state index in [4.69, 9.17) is 4.43 Å². The number of hydrogen-bond acceptors (Lipinski definition) is 3. The third-order valence-electron chi connectivity index (χ3n) is 7.00. The van der Waals surface area contributed by atoms with Gasteiger partial charge >= 0.3 is 7.60 Å². The third kappa shape index (κ3) is 5.28. The molecular weight excluding hydrogens is 413 g/mol. The van der Waals surface area contributed by atoms with Crippen molar-refractivity contribution in [1.29, 1.82) is 0 Å². The maximum absolute atomic E-state index is 12.5. The largest absolute Gasteiger partial charge is 0.417 e. The molecule has 0 amide bonds. The topological polar surface area (TPSA) is 70.0 Å². The van der Waals surface area contributed by atoms with Crippen LogP contribution in [0.25, 0.3) is 0 Å². The summed E-state index contributed by atoms with van der Waals surface area (Å²) < 4.78 is 19.1. The lowest BCUT2D eigenvalue weighted by Gasteiger charge is -2.39. The molecule has 7 heteroatoms. The van der Waals surface area contributed by atoms with Crippen molar-refractivity contribution in [3.63, 3.8) is 0 Å². The highest BCUT2D eigenvalue weighted by atomic mass is 31.2. The van der Waals surface area contributed by atoms with Gasteiger partial charge in [-0.2, -0.15) is 0 Å². The zero-order valence-electron chi connectivity index (χ0n) is 19.3. The van der Waals surface area contributed by atoms with Crippen LogP contribution >= 0.6 is 7.60 Å². The first-order chi connectivity index (χ1) is 13.9. The first-order valence-electron chi connectivity index (χ1n) is 11.4. The van der Waals surface area contributed by atoms with E-state index < -0.39 is 21.8 Å². The molecule has 2 N–H and O–H groups in total.